The van der Waals surface area contributed by atoms with Crippen LogP contribution in [0.25, 0.3) is 0 Å². The van der Waals surface area contributed by atoms with Gasteiger partial charge in [0.05, 0.1) is 12.0 Å². The number of nitrogens with zero attached hydrogens (tertiary/aromatic N) is 1. The van der Waals surface area contributed by atoms with Crippen molar-refractivity contribution in [3.05, 3.63) is 29.3 Å². The highest BCUT2D eigenvalue weighted by atomic mass is 16.5. The normalized spacial score (nSPS) is 20.3. The van der Waals surface area contributed by atoms with Crippen molar-refractivity contribution in [3.8, 4) is 0 Å². The number of carbonyl (C=O) groups excluding carboxylic acids is 2. The minimum atomic E-state index is -0.603. The second-order valence-electron chi connectivity index (χ2n) is 6.90. The zero-order valence-corrected chi connectivity index (χ0v) is 15.3. The first-order valence-corrected chi connectivity index (χ1v) is 8.61. The molecule has 1 atom stereocenters. The molecule has 0 saturated carbocycles. The number of likely N-dealkylation sites (tertiary alicyclic amines) is 1. The fourth-order valence-corrected chi connectivity index (χ4v) is 3.35. The van der Waals surface area contributed by atoms with E-state index in [0.717, 1.165) is 16.8 Å². The lowest BCUT2D eigenvalue weighted by Gasteiger charge is -2.30. The summed E-state index contributed by atoms with van der Waals surface area (Å²) in [6.07, 6.45) is 0.643. The Morgan fingerprint density at radius 1 is 1.29 bits per heavy atom. The van der Waals surface area contributed by atoms with Crippen LogP contribution in [-0.4, -0.2) is 36.6 Å². The summed E-state index contributed by atoms with van der Waals surface area (Å²) in [4.78, 5) is 26.9. The Labute approximate surface area is 144 Å². The molecule has 0 aromatic heterocycles. The Morgan fingerprint density at radius 3 is 2.46 bits per heavy atom. The van der Waals surface area contributed by atoms with Crippen molar-refractivity contribution in [2.45, 2.75) is 41.0 Å². The standard InChI is InChI=1S/C19H28N2O3/c1-6-24-17(22)19(13(2)3)10-11-21(12-19)18(23)20-16-14(4)8-7-9-15(16)5/h7-9,13H,6,10-12H2,1-5H3,(H,20,23)/t19-/m0/s1. The van der Waals surface area contributed by atoms with Gasteiger partial charge in [0.15, 0.2) is 0 Å². The maximum atomic E-state index is 12.7. The van der Waals surface area contributed by atoms with Crippen molar-refractivity contribution in [3.63, 3.8) is 0 Å². The largest absolute Gasteiger partial charge is 0.466 e. The van der Waals surface area contributed by atoms with Gasteiger partial charge >= 0.3 is 12.0 Å². The molecular weight excluding hydrogens is 304 g/mol. The molecule has 2 amide bonds. The lowest BCUT2D eigenvalue weighted by molar-refractivity contribution is -0.157. The quantitative estimate of drug-likeness (QED) is 0.854. The Morgan fingerprint density at radius 2 is 1.92 bits per heavy atom. The van der Waals surface area contributed by atoms with Crippen LogP contribution in [-0.2, 0) is 9.53 Å². The maximum Gasteiger partial charge on any atom is 0.321 e. The minimum Gasteiger partial charge on any atom is -0.466 e. The zero-order chi connectivity index (χ0) is 17.9. The van der Waals surface area contributed by atoms with Gasteiger partial charge in [-0.15, -0.1) is 0 Å². The highest BCUT2D eigenvalue weighted by Gasteiger charge is 2.49. The van der Waals surface area contributed by atoms with Gasteiger partial charge in [-0.05, 0) is 44.2 Å². The molecule has 1 aliphatic heterocycles. The number of rotatable bonds is 4. The number of hydrogen-bond acceptors (Lipinski definition) is 3. The molecule has 0 unspecified atom stereocenters. The van der Waals surface area contributed by atoms with Gasteiger partial charge in [-0.25, -0.2) is 4.79 Å². The van der Waals surface area contributed by atoms with E-state index in [1.54, 1.807) is 4.90 Å². The lowest BCUT2D eigenvalue weighted by Crippen LogP contribution is -2.42. The molecule has 1 aliphatic rings. The monoisotopic (exact) mass is 332 g/mol. The van der Waals surface area contributed by atoms with E-state index < -0.39 is 5.41 Å². The molecule has 0 radical (unpaired) electrons. The first-order chi connectivity index (χ1) is 11.3. The number of aryl methyl sites for hydroxylation is 2. The first-order valence-electron chi connectivity index (χ1n) is 8.61. The molecule has 0 spiro atoms. The molecule has 1 heterocycles. The average molecular weight is 332 g/mol. The van der Waals surface area contributed by atoms with Crippen LogP contribution < -0.4 is 5.32 Å². The summed E-state index contributed by atoms with van der Waals surface area (Å²) in [6.45, 7) is 11.1. The number of para-hydroxylation sites is 1. The van der Waals surface area contributed by atoms with Gasteiger partial charge in [0.2, 0.25) is 0 Å². The Balaban J connectivity index is 2.14. The number of nitrogens with one attached hydrogen (secondary N) is 1. The second-order valence-corrected chi connectivity index (χ2v) is 6.90. The number of benzene rings is 1. The van der Waals surface area contributed by atoms with Crippen LogP contribution in [0.4, 0.5) is 10.5 Å². The van der Waals surface area contributed by atoms with Gasteiger partial charge in [-0.3, -0.25) is 4.79 Å². The number of ether oxygens (including phenoxy) is 1. The fourth-order valence-electron chi connectivity index (χ4n) is 3.35. The van der Waals surface area contributed by atoms with E-state index >= 15 is 0 Å². The van der Waals surface area contributed by atoms with Crippen LogP contribution in [0.2, 0.25) is 0 Å². The number of anilines is 1. The van der Waals surface area contributed by atoms with Crippen molar-refractivity contribution in [2.75, 3.05) is 25.0 Å². The summed E-state index contributed by atoms with van der Waals surface area (Å²) in [5.74, 6) is -0.0723. The van der Waals surface area contributed by atoms with Crippen LogP contribution in [0.15, 0.2) is 18.2 Å². The van der Waals surface area contributed by atoms with Crippen LogP contribution >= 0.6 is 0 Å². The molecular formula is C19H28N2O3. The topological polar surface area (TPSA) is 58.6 Å². The molecule has 132 valence electrons. The predicted molar refractivity (Wildman–Crippen MR) is 95.0 cm³/mol. The van der Waals surface area contributed by atoms with E-state index in [1.165, 1.54) is 0 Å². The van der Waals surface area contributed by atoms with Gasteiger partial charge in [0.25, 0.3) is 0 Å². The molecule has 1 fully saturated rings. The number of hydrogen-bond donors (Lipinski definition) is 1. The SMILES string of the molecule is CCOC(=O)[C@@]1(C(C)C)CCN(C(=O)Nc2c(C)cccc2C)C1. The van der Waals surface area contributed by atoms with Gasteiger partial charge < -0.3 is 15.0 Å². The van der Waals surface area contributed by atoms with Crippen molar-refractivity contribution >= 4 is 17.7 Å². The molecule has 1 aromatic rings. The number of carbonyl (C=O) groups is 2. The Bertz CT molecular complexity index is 607. The average Bonchev–Trinajstić information content (AvgIpc) is 2.98. The zero-order valence-electron chi connectivity index (χ0n) is 15.3. The molecule has 1 saturated heterocycles. The third-order valence-electron chi connectivity index (χ3n) is 5.09. The minimum absolute atomic E-state index is 0.120. The summed E-state index contributed by atoms with van der Waals surface area (Å²) in [5, 5.41) is 3.00. The fraction of sp³-hybridized carbons (Fsp3) is 0.579. The Hall–Kier alpha value is -2.04. The number of esters is 1. The summed E-state index contributed by atoms with van der Waals surface area (Å²) in [6, 6.07) is 5.77. The van der Waals surface area contributed by atoms with Crippen LogP contribution in [0.3, 0.4) is 0 Å². The lowest BCUT2D eigenvalue weighted by atomic mass is 9.76. The van der Waals surface area contributed by atoms with Gasteiger partial charge in [-0.1, -0.05) is 32.0 Å². The second kappa shape index (κ2) is 7.24. The molecule has 1 aromatic carbocycles. The smallest absolute Gasteiger partial charge is 0.321 e. The van der Waals surface area contributed by atoms with Gasteiger partial charge in [-0.2, -0.15) is 0 Å². The predicted octanol–water partition coefficient (Wildman–Crippen LogP) is 3.75. The van der Waals surface area contributed by atoms with E-state index in [2.05, 4.69) is 5.32 Å². The van der Waals surface area contributed by atoms with E-state index in [9.17, 15) is 9.59 Å². The van der Waals surface area contributed by atoms with Crippen molar-refractivity contribution in [2.24, 2.45) is 11.3 Å². The van der Waals surface area contributed by atoms with E-state index in [1.807, 2.05) is 52.8 Å². The van der Waals surface area contributed by atoms with Crippen molar-refractivity contribution in [1.29, 1.82) is 0 Å². The van der Waals surface area contributed by atoms with Crippen LogP contribution in [0.5, 0.6) is 0 Å². The molecule has 0 bridgehead atoms. The summed E-state index contributed by atoms with van der Waals surface area (Å²) in [5.41, 5.74) is 2.31. The third kappa shape index (κ3) is 3.40. The number of amides is 2. The van der Waals surface area contributed by atoms with Crippen molar-refractivity contribution in [1.82, 2.24) is 4.90 Å². The maximum absolute atomic E-state index is 12.7. The molecule has 1 N–H and O–H groups in total. The highest BCUT2D eigenvalue weighted by Crippen LogP contribution is 2.39. The molecule has 24 heavy (non-hydrogen) atoms. The summed E-state index contributed by atoms with van der Waals surface area (Å²) < 4.78 is 5.28. The van der Waals surface area contributed by atoms with E-state index in [4.69, 9.17) is 4.74 Å². The summed E-state index contributed by atoms with van der Waals surface area (Å²) >= 11 is 0. The highest BCUT2D eigenvalue weighted by molar-refractivity contribution is 5.92. The van der Waals surface area contributed by atoms with E-state index in [-0.39, 0.29) is 17.9 Å². The first kappa shape index (κ1) is 18.3. The van der Waals surface area contributed by atoms with Crippen LogP contribution in [0.1, 0.15) is 38.3 Å². The van der Waals surface area contributed by atoms with Gasteiger partial charge in [0.1, 0.15) is 0 Å². The van der Waals surface area contributed by atoms with Crippen molar-refractivity contribution < 1.29 is 14.3 Å². The molecule has 2 rings (SSSR count). The molecule has 0 aliphatic carbocycles. The molecule has 5 nitrogen and oxygen atoms in total. The number of urea groups is 1. The Kier molecular flexibility index (Phi) is 5.52. The summed E-state index contributed by atoms with van der Waals surface area (Å²) in [7, 11) is 0. The third-order valence-corrected chi connectivity index (χ3v) is 5.09. The van der Waals surface area contributed by atoms with E-state index in [0.29, 0.717) is 26.1 Å². The van der Waals surface area contributed by atoms with Gasteiger partial charge in [0, 0.05) is 18.8 Å². The molecule has 5 heteroatoms. The van der Waals surface area contributed by atoms with Crippen LogP contribution in [0, 0.1) is 25.2 Å².